The monoisotopic (exact) mass is 353 g/mol. The fourth-order valence-corrected chi connectivity index (χ4v) is 2.84. The van der Waals surface area contributed by atoms with E-state index in [1.54, 1.807) is 18.2 Å². The van der Waals surface area contributed by atoms with Crippen molar-refractivity contribution >= 4 is 23.4 Å². The molecular formula is C18H15N3O3S. The molecule has 0 fully saturated rings. The molecule has 0 radical (unpaired) electrons. The molecule has 6 nitrogen and oxygen atoms in total. The minimum absolute atomic E-state index is 0.00143. The molecule has 0 spiro atoms. The summed E-state index contributed by atoms with van der Waals surface area (Å²) in [6.45, 7) is 0. The average molecular weight is 353 g/mol. The number of nitrogens with zero attached hydrogens (tertiary/aromatic N) is 1. The molecule has 3 rings (SSSR count). The number of phenols is 1. The van der Waals surface area contributed by atoms with Crippen molar-refractivity contribution in [2.75, 3.05) is 11.1 Å². The van der Waals surface area contributed by atoms with Crippen LogP contribution < -0.4 is 10.9 Å². The molecule has 2 aromatic carbocycles. The molecule has 0 saturated carbocycles. The number of amides is 1. The molecule has 126 valence electrons. The van der Waals surface area contributed by atoms with E-state index in [1.165, 1.54) is 12.1 Å². The first-order valence-electron chi connectivity index (χ1n) is 7.49. The first-order valence-corrected chi connectivity index (χ1v) is 8.48. The second kappa shape index (κ2) is 7.67. The Hall–Kier alpha value is -3.06. The summed E-state index contributed by atoms with van der Waals surface area (Å²) in [6.07, 6.45) is 0. The predicted octanol–water partition coefficient (Wildman–Crippen LogP) is 2.87. The van der Waals surface area contributed by atoms with Gasteiger partial charge in [0.1, 0.15) is 5.75 Å². The van der Waals surface area contributed by atoms with Gasteiger partial charge in [0.2, 0.25) is 5.91 Å². The van der Waals surface area contributed by atoms with Gasteiger partial charge in [0.05, 0.1) is 17.1 Å². The lowest BCUT2D eigenvalue weighted by Crippen LogP contribution is -2.15. The summed E-state index contributed by atoms with van der Waals surface area (Å²) in [6, 6.07) is 17.2. The Balaban J connectivity index is 1.69. The quantitative estimate of drug-likeness (QED) is 0.372. The molecule has 0 unspecified atom stereocenters. The van der Waals surface area contributed by atoms with E-state index in [0.717, 1.165) is 17.3 Å². The lowest BCUT2D eigenvalue weighted by molar-refractivity contribution is -0.113. The van der Waals surface area contributed by atoms with Gasteiger partial charge < -0.3 is 15.4 Å². The highest BCUT2D eigenvalue weighted by Gasteiger charge is 2.09. The molecule has 0 aliphatic rings. The molecule has 3 N–H and O–H groups in total. The second-order valence-electron chi connectivity index (χ2n) is 5.16. The van der Waals surface area contributed by atoms with Crippen LogP contribution in [-0.4, -0.2) is 26.7 Å². The van der Waals surface area contributed by atoms with Crippen molar-refractivity contribution < 1.29 is 9.90 Å². The number of benzene rings is 2. The van der Waals surface area contributed by atoms with E-state index in [2.05, 4.69) is 15.3 Å². The van der Waals surface area contributed by atoms with Gasteiger partial charge in [-0.1, -0.05) is 54.2 Å². The fourth-order valence-electron chi connectivity index (χ4n) is 2.16. The van der Waals surface area contributed by atoms with E-state index in [0.29, 0.717) is 16.5 Å². The summed E-state index contributed by atoms with van der Waals surface area (Å²) < 4.78 is 0. The smallest absolute Gasteiger partial charge is 0.252 e. The number of thioether (sulfide) groups is 1. The Morgan fingerprint density at radius 2 is 1.84 bits per heavy atom. The van der Waals surface area contributed by atoms with Crippen molar-refractivity contribution in [3.05, 3.63) is 71.0 Å². The van der Waals surface area contributed by atoms with Gasteiger partial charge in [-0.3, -0.25) is 9.59 Å². The average Bonchev–Trinajstić information content (AvgIpc) is 2.62. The maximum atomic E-state index is 12.0. The van der Waals surface area contributed by atoms with Crippen molar-refractivity contribution in [3.8, 4) is 17.0 Å². The topological polar surface area (TPSA) is 95.1 Å². The number of aromatic hydroxyl groups is 1. The zero-order chi connectivity index (χ0) is 17.6. The second-order valence-corrected chi connectivity index (χ2v) is 6.12. The predicted molar refractivity (Wildman–Crippen MR) is 97.8 cm³/mol. The Morgan fingerprint density at radius 3 is 2.60 bits per heavy atom. The van der Waals surface area contributed by atoms with Crippen LogP contribution in [-0.2, 0) is 4.79 Å². The molecule has 1 amide bonds. The van der Waals surface area contributed by atoms with Gasteiger partial charge >= 0.3 is 0 Å². The van der Waals surface area contributed by atoms with E-state index >= 15 is 0 Å². The normalized spacial score (nSPS) is 10.4. The molecular weight excluding hydrogens is 338 g/mol. The number of anilines is 1. The number of nitrogens with one attached hydrogen (secondary N) is 2. The van der Waals surface area contributed by atoms with Gasteiger partial charge in [-0.25, -0.2) is 4.98 Å². The third kappa shape index (κ3) is 4.48. The van der Waals surface area contributed by atoms with Gasteiger partial charge in [-0.2, -0.15) is 0 Å². The number of hydrogen-bond acceptors (Lipinski definition) is 5. The molecule has 3 aromatic rings. The number of rotatable bonds is 5. The Labute approximate surface area is 148 Å². The van der Waals surface area contributed by atoms with Crippen molar-refractivity contribution in [2.45, 2.75) is 5.16 Å². The summed E-state index contributed by atoms with van der Waals surface area (Å²) in [5.74, 6) is -0.257. The Kier molecular flexibility index (Phi) is 5.15. The van der Waals surface area contributed by atoms with Gasteiger partial charge in [0, 0.05) is 11.6 Å². The molecule has 25 heavy (non-hydrogen) atoms. The van der Waals surface area contributed by atoms with Crippen molar-refractivity contribution in [2.24, 2.45) is 0 Å². The zero-order valence-electron chi connectivity index (χ0n) is 13.1. The summed E-state index contributed by atoms with van der Waals surface area (Å²) in [5.41, 5.74) is 1.44. The fraction of sp³-hybridized carbons (Fsp3) is 0.0556. The van der Waals surface area contributed by atoms with E-state index in [-0.39, 0.29) is 23.0 Å². The minimum Gasteiger partial charge on any atom is -0.506 e. The molecule has 0 bridgehead atoms. The van der Waals surface area contributed by atoms with Crippen LogP contribution in [0.4, 0.5) is 5.69 Å². The Morgan fingerprint density at radius 1 is 1.12 bits per heavy atom. The highest BCUT2D eigenvalue weighted by atomic mass is 32.2. The van der Waals surface area contributed by atoms with Crippen LogP contribution in [0.1, 0.15) is 0 Å². The highest BCUT2D eigenvalue weighted by Crippen LogP contribution is 2.22. The third-order valence-electron chi connectivity index (χ3n) is 3.31. The van der Waals surface area contributed by atoms with E-state index in [9.17, 15) is 14.7 Å². The highest BCUT2D eigenvalue weighted by molar-refractivity contribution is 7.99. The van der Waals surface area contributed by atoms with Crippen LogP contribution in [0.2, 0.25) is 0 Å². The van der Waals surface area contributed by atoms with Gasteiger partial charge in [0.25, 0.3) is 5.56 Å². The van der Waals surface area contributed by atoms with Crippen LogP contribution in [0.25, 0.3) is 11.3 Å². The SMILES string of the molecule is O=C(CSc1nc(-c2ccccc2)cc(=O)[nH]1)Nc1ccccc1O. The first-order chi connectivity index (χ1) is 12.1. The number of hydrogen-bond donors (Lipinski definition) is 3. The van der Waals surface area contributed by atoms with Crippen LogP contribution >= 0.6 is 11.8 Å². The molecule has 0 aliphatic carbocycles. The standard InChI is InChI=1S/C18H15N3O3S/c22-15-9-5-4-8-13(15)19-17(24)11-25-18-20-14(10-16(23)21-18)12-6-2-1-3-7-12/h1-10,22H,11H2,(H,19,24)(H,20,21,23). The third-order valence-corrected chi connectivity index (χ3v) is 4.18. The molecule has 7 heteroatoms. The van der Waals surface area contributed by atoms with Crippen molar-refractivity contribution in [3.63, 3.8) is 0 Å². The van der Waals surface area contributed by atoms with Crippen LogP contribution in [0, 0.1) is 0 Å². The van der Waals surface area contributed by atoms with Crippen LogP contribution in [0.3, 0.4) is 0 Å². The van der Waals surface area contributed by atoms with Crippen LogP contribution in [0.5, 0.6) is 5.75 Å². The molecule has 0 atom stereocenters. The van der Waals surface area contributed by atoms with E-state index in [1.807, 2.05) is 30.3 Å². The van der Waals surface area contributed by atoms with E-state index in [4.69, 9.17) is 0 Å². The molecule has 1 aromatic heterocycles. The van der Waals surface area contributed by atoms with Crippen molar-refractivity contribution in [1.82, 2.24) is 9.97 Å². The lowest BCUT2D eigenvalue weighted by atomic mass is 10.1. The number of carbonyl (C=O) groups excluding carboxylic acids is 1. The lowest BCUT2D eigenvalue weighted by Gasteiger charge is -2.07. The molecule has 0 aliphatic heterocycles. The summed E-state index contributed by atoms with van der Waals surface area (Å²) >= 11 is 1.12. The number of aromatic amines is 1. The summed E-state index contributed by atoms with van der Waals surface area (Å²) in [7, 11) is 0. The van der Waals surface area contributed by atoms with Gasteiger partial charge in [-0.05, 0) is 12.1 Å². The van der Waals surface area contributed by atoms with E-state index < -0.39 is 0 Å². The number of carbonyl (C=O) groups is 1. The van der Waals surface area contributed by atoms with Crippen molar-refractivity contribution in [1.29, 1.82) is 0 Å². The number of aromatic nitrogens is 2. The molecule has 0 saturated heterocycles. The maximum absolute atomic E-state index is 12.0. The number of H-pyrrole nitrogens is 1. The molecule has 1 heterocycles. The maximum Gasteiger partial charge on any atom is 0.252 e. The van der Waals surface area contributed by atoms with Gasteiger partial charge in [-0.15, -0.1) is 0 Å². The van der Waals surface area contributed by atoms with Gasteiger partial charge in [0.15, 0.2) is 5.16 Å². The summed E-state index contributed by atoms with van der Waals surface area (Å²) in [5, 5.41) is 12.6. The zero-order valence-corrected chi connectivity index (χ0v) is 13.9. The number of phenolic OH excluding ortho intramolecular Hbond substituents is 1. The largest absolute Gasteiger partial charge is 0.506 e. The Bertz CT molecular complexity index is 942. The van der Waals surface area contributed by atoms with Crippen LogP contribution in [0.15, 0.2) is 70.6 Å². The summed E-state index contributed by atoms with van der Waals surface area (Å²) in [4.78, 5) is 30.8. The minimum atomic E-state index is -0.306. The first kappa shape index (κ1) is 16.8. The number of para-hydroxylation sites is 2.